The summed E-state index contributed by atoms with van der Waals surface area (Å²) in [5, 5.41) is 0. The fraction of sp³-hybridized carbons (Fsp3) is 0.629. The van der Waals surface area contributed by atoms with Crippen LogP contribution in [0, 0.1) is 0 Å². The average Bonchev–Trinajstić information content (AvgIpc) is 3.34. The van der Waals surface area contributed by atoms with Crippen molar-refractivity contribution in [1.29, 1.82) is 0 Å². The van der Waals surface area contributed by atoms with Gasteiger partial charge >= 0.3 is 17.9 Å². The van der Waals surface area contributed by atoms with Gasteiger partial charge in [0.05, 0.1) is 0 Å². The Morgan fingerprint density at radius 2 is 0.603 bits per heavy atom. The van der Waals surface area contributed by atoms with Crippen molar-refractivity contribution in [1.82, 2.24) is 0 Å². The topological polar surface area (TPSA) is 78.9 Å². The van der Waals surface area contributed by atoms with Crippen molar-refractivity contribution in [2.45, 2.75) is 239 Å². The van der Waals surface area contributed by atoms with E-state index < -0.39 is 6.10 Å². The Kier molecular flexibility index (Phi) is 52.0. The molecule has 0 bridgehead atoms. The van der Waals surface area contributed by atoms with Crippen LogP contribution in [-0.4, -0.2) is 37.2 Å². The van der Waals surface area contributed by atoms with E-state index >= 15 is 0 Å². The summed E-state index contributed by atoms with van der Waals surface area (Å²) in [6.45, 7) is 6.31. The molecule has 0 aliphatic heterocycles. The molecule has 68 heavy (non-hydrogen) atoms. The Labute approximate surface area is 418 Å². The molecule has 1 unspecified atom stereocenters. The molecule has 6 heteroatoms. The molecular formula is C62H100O6. The van der Waals surface area contributed by atoms with Gasteiger partial charge in [0.15, 0.2) is 6.10 Å². The number of hydrogen-bond acceptors (Lipinski definition) is 6. The van der Waals surface area contributed by atoms with Gasteiger partial charge in [0.25, 0.3) is 0 Å². The molecule has 0 aliphatic carbocycles. The lowest BCUT2D eigenvalue weighted by atomic mass is 10.1. The Balaban J connectivity index is 4.50. The highest BCUT2D eigenvalue weighted by Crippen LogP contribution is 2.14. The van der Waals surface area contributed by atoms with Crippen molar-refractivity contribution in [3.8, 4) is 0 Å². The standard InChI is InChI=1S/C62H100O6/c1-4-7-10-13-16-19-22-25-27-29-31-33-35-37-40-43-46-49-52-55-61(64)67-58-59(57-66-60(63)54-51-48-45-42-39-24-21-18-15-12-9-6-3)68-62(65)56-53-50-47-44-41-38-36-34-32-30-28-26-23-20-17-14-11-8-5-2/h7-8,10-11,16-21,25-28,31,33,37,40,46,49,59H,4-6,9,12-15,22-24,29-30,32,34-36,38-39,41-45,47-48,50-58H2,1-3H3/b10-7-,11-8-,19-16-,20-17-,21-18-,27-25-,28-26-,33-31-,40-37-,49-46-. The van der Waals surface area contributed by atoms with Gasteiger partial charge < -0.3 is 14.2 Å². The number of ether oxygens (including phenoxy) is 3. The van der Waals surface area contributed by atoms with E-state index in [1.807, 2.05) is 6.08 Å². The predicted molar refractivity (Wildman–Crippen MR) is 293 cm³/mol. The molecule has 0 spiro atoms. The average molecular weight is 941 g/mol. The van der Waals surface area contributed by atoms with Gasteiger partial charge in [-0.05, 0) is 116 Å². The highest BCUT2D eigenvalue weighted by Gasteiger charge is 2.19. The number of rotatable bonds is 48. The van der Waals surface area contributed by atoms with Gasteiger partial charge in [-0.3, -0.25) is 14.4 Å². The first-order valence-corrected chi connectivity index (χ1v) is 27.5. The molecule has 0 N–H and O–H groups in total. The summed E-state index contributed by atoms with van der Waals surface area (Å²) in [4.78, 5) is 38.1. The molecule has 0 rings (SSSR count). The monoisotopic (exact) mass is 941 g/mol. The van der Waals surface area contributed by atoms with E-state index in [9.17, 15) is 14.4 Å². The van der Waals surface area contributed by atoms with E-state index in [1.165, 1.54) is 70.6 Å². The third-order valence-electron chi connectivity index (χ3n) is 11.2. The molecule has 0 fully saturated rings. The van der Waals surface area contributed by atoms with Crippen molar-refractivity contribution in [3.05, 3.63) is 122 Å². The lowest BCUT2D eigenvalue weighted by Gasteiger charge is -2.18. The van der Waals surface area contributed by atoms with Gasteiger partial charge in [0, 0.05) is 19.3 Å². The van der Waals surface area contributed by atoms with Gasteiger partial charge in [-0.25, -0.2) is 0 Å². The summed E-state index contributed by atoms with van der Waals surface area (Å²) in [6, 6.07) is 0. The van der Waals surface area contributed by atoms with Crippen LogP contribution in [0.25, 0.3) is 0 Å². The van der Waals surface area contributed by atoms with Crippen LogP contribution in [0.5, 0.6) is 0 Å². The highest BCUT2D eigenvalue weighted by atomic mass is 16.6. The van der Waals surface area contributed by atoms with Gasteiger partial charge in [-0.15, -0.1) is 0 Å². The molecule has 0 aliphatic rings. The molecule has 0 saturated carbocycles. The summed E-state index contributed by atoms with van der Waals surface area (Å²) in [6.07, 6.45) is 76.2. The Hall–Kier alpha value is -4.19. The van der Waals surface area contributed by atoms with E-state index in [4.69, 9.17) is 14.2 Å². The zero-order valence-electron chi connectivity index (χ0n) is 43.8. The number of allylic oxidation sites excluding steroid dienone is 20. The van der Waals surface area contributed by atoms with Crippen LogP contribution in [0.4, 0.5) is 0 Å². The number of carbonyl (C=O) groups excluding carboxylic acids is 3. The van der Waals surface area contributed by atoms with Gasteiger partial charge in [-0.1, -0.05) is 219 Å². The maximum Gasteiger partial charge on any atom is 0.306 e. The van der Waals surface area contributed by atoms with Crippen LogP contribution < -0.4 is 0 Å². The molecular weight excluding hydrogens is 841 g/mol. The van der Waals surface area contributed by atoms with E-state index in [0.717, 1.165) is 116 Å². The van der Waals surface area contributed by atoms with Gasteiger partial charge in [0.2, 0.25) is 0 Å². The molecule has 0 radical (unpaired) electrons. The van der Waals surface area contributed by atoms with E-state index in [2.05, 4.69) is 136 Å². The molecule has 6 nitrogen and oxygen atoms in total. The van der Waals surface area contributed by atoms with Crippen LogP contribution in [0.15, 0.2) is 122 Å². The lowest BCUT2D eigenvalue weighted by Crippen LogP contribution is -2.30. The van der Waals surface area contributed by atoms with Gasteiger partial charge in [-0.2, -0.15) is 0 Å². The Morgan fingerprint density at radius 1 is 0.309 bits per heavy atom. The summed E-state index contributed by atoms with van der Waals surface area (Å²) in [7, 11) is 0. The summed E-state index contributed by atoms with van der Waals surface area (Å²) >= 11 is 0. The first-order valence-electron chi connectivity index (χ1n) is 27.5. The van der Waals surface area contributed by atoms with E-state index in [0.29, 0.717) is 19.3 Å². The van der Waals surface area contributed by atoms with E-state index in [-0.39, 0.29) is 37.5 Å². The SMILES string of the molecule is CC/C=C\C/C=C\C/C=C\C/C=C\C/C=C\C/C=C\CCC(=O)OCC(COC(=O)CCCCCCC/C=C\CCCCC)OC(=O)CCCCCCCCCCC/C=C\C/C=C\C/C=C\CC. The minimum atomic E-state index is -0.818. The molecule has 0 aromatic carbocycles. The number of carbonyl (C=O) groups is 3. The van der Waals surface area contributed by atoms with Gasteiger partial charge in [0.1, 0.15) is 13.2 Å². The van der Waals surface area contributed by atoms with Crippen molar-refractivity contribution in [3.63, 3.8) is 0 Å². The number of hydrogen-bond donors (Lipinski definition) is 0. The fourth-order valence-electron chi connectivity index (χ4n) is 7.12. The molecule has 0 aromatic rings. The molecule has 384 valence electrons. The van der Waals surface area contributed by atoms with Crippen molar-refractivity contribution >= 4 is 17.9 Å². The highest BCUT2D eigenvalue weighted by molar-refractivity contribution is 5.71. The first-order chi connectivity index (χ1) is 33.5. The summed E-state index contributed by atoms with van der Waals surface area (Å²) in [5.41, 5.74) is 0. The van der Waals surface area contributed by atoms with Crippen LogP contribution in [0.3, 0.4) is 0 Å². The summed E-state index contributed by atoms with van der Waals surface area (Å²) < 4.78 is 16.8. The second-order valence-electron chi connectivity index (χ2n) is 17.7. The molecule has 1 atom stereocenters. The van der Waals surface area contributed by atoms with Crippen molar-refractivity contribution in [2.75, 3.05) is 13.2 Å². The maximum atomic E-state index is 12.8. The van der Waals surface area contributed by atoms with Crippen molar-refractivity contribution < 1.29 is 28.6 Å². The van der Waals surface area contributed by atoms with Crippen LogP contribution in [0.2, 0.25) is 0 Å². The third-order valence-corrected chi connectivity index (χ3v) is 11.2. The third kappa shape index (κ3) is 52.8. The largest absolute Gasteiger partial charge is 0.462 e. The second kappa shape index (κ2) is 55.4. The van der Waals surface area contributed by atoms with Crippen molar-refractivity contribution in [2.24, 2.45) is 0 Å². The Bertz CT molecular complexity index is 1450. The smallest absolute Gasteiger partial charge is 0.306 e. The first kappa shape index (κ1) is 63.8. The second-order valence-corrected chi connectivity index (χ2v) is 17.7. The molecule has 0 amide bonds. The zero-order chi connectivity index (χ0) is 49.3. The Morgan fingerprint density at radius 3 is 1.00 bits per heavy atom. The van der Waals surface area contributed by atoms with Crippen LogP contribution >= 0.6 is 0 Å². The minimum absolute atomic E-state index is 0.111. The predicted octanol–water partition coefficient (Wildman–Crippen LogP) is 18.5. The minimum Gasteiger partial charge on any atom is -0.462 e. The summed E-state index contributed by atoms with van der Waals surface area (Å²) in [5.74, 6) is -1.02. The lowest BCUT2D eigenvalue weighted by molar-refractivity contribution is -0.166. The zero-order valence-corrected chi connectivity index (χ0v) is 43.8. The number of unbranched alkanes of at least 4 members (excludes halogenated alkanes) is 17. The number of esters is 3. The molecule has 0 aromatic heterocycles. The fourth-order valence-corrected chi connectivity index (χ4v) is 7.12. The normalized spacial score (nSPS) is 13.0. The van der Waals surface area contributed by atoms with Crippen LogP contribution in [-0.2, 0) is 28.6 Å². The van der Waals surface area contributed by atoms with E-state index in [1.54, 1.807) is 0 Å². The molecule has 0 heterocycles. The maximum absolute atomic E-state index is 12.8. The van der Waals surface area contributed by atoms with Crippen LogP contribution in [0.1, 0.15) is 233 Å². The quantitative estimate of drug-likeness (QED) is 0.0262. The molecule has 0 saturated heterocycles.